The van der Waals surface area contributed by atoms with Crippen LogP contribution in [0.15, 0.2) is 28.7 Å². The molecule has 0 amide bonds. The zero-order chi connectivity index (χ0) is 12.3. The van der Waals surface area contributed by atoms with Crippen molar-refractivity contribution < 1.29 is 9.90 Å². The van der Waals surface area contributed by atoms with Crippen molar-refractivity contribution in [2.75, 3.05) is 0 Å². The van der Waals surface area contributed by atoms with Gasteiger partial charge in [-0.25, -0.2) is 0 Å². The first-order valence-corrected chi connectivity index (χ1v) is 6.90. The Labute approximate surface area is 110 Å². The van der Waals surface area contributed by atoms with E-state index in [4.69, 9.17) is 0 Å². The lowest BCUT2D eigenvalue weighted by Crippen LogP contribution is -2.28. The van der Waals surface area contributed by atoms with Gasteiger partial charge < -0.3 is 5.11 Å². The average Bonchev–Trinajstić information content (AvgIpc) is 2.76. The molecule has 0 heterocycles. The summed E-state index contributed by atoms with van der Waals surface area (Å²) in [5.41, 5.74) is 0.759. The van der Waals surface area contributed by atoms with Crippen LogP contribution in [0.1, 0.15) is 37.7 Å². The third-order valence-corrected chi connectivity index (χ3v) is 4.29. The van der Waals surface area contributed by atoms with E-state index in [-0.39, 0.29) is 0 Å². The zero-order valence-corrected chi connectivity index (χ0v) is 11.4. The Bertz CT molecular complexity index is 408. The normalized spacial score (nSPS) is 18.2. The van der Waals surface area contributed by atoms with Crippen molar-refractivity contribution in [1.82, 2.24) is 0 Å². The molecule has 92 valence electrons. The first-order valence-electron chi connectivity index (χ1n) is 6.10. The van der Waals surface area contributed by atoms with Crippen LogP contribution in [0, 0.1) is 5.41 Å². The van der Waals surface area contributed by atoms with Crippen molar-refractivity contribution in [3.05, 3.63) is 34.3 Å². The van der Waals surface area contributed by atoms with Gasteiger partial charge in [-0.05, 0) is 43.4 Å². The number of benzene rings is 1. The molecule has 1 N–H and O–H groups in total. The molecule has 1 aromatic rings. The Hall–Kier alpha value is -0.830. The lowest BCUT2D eigenvalue weighted by molar-refractivity contribution is -0.149. The number of aryl methyl sites for hydroxylation is 1. The second-order valence-electron chi connectivity index (χ2n) is 4.92. The van der Waals surface area contributed by atoms with Gasteiger partial charge in [0.2, 0.25) is 0 Å². The summed E-state index contributed by atoms with van der Waals surface area (Å²) >= 11 is 3.44. The van der Waals surface area contributed by atoms with Gasteiger partial charge >= 0.3 is 5.97 Å². The lowest BCUT2D eigenvalue weighted by Gasteiger charge is -2.23. The maximum atomic E-state index is 11.4. The molecule has 0 bridgehead atoms. The SMILES string of the molecule is O=C(O)C1(CCc2cccc(Br)c2)CCCC1. The first-order chi connectivity index (χ1) is 8.12. The highest BCUT2D eigenvalue weighted by atomic mass is 79.9. The summed E-state index contributed by atoms with van der Waals surface area (Å²) in [4.78, 5) is 11.4. The Morgan fingerprint density at radius 1 is 1.35 bits per heavy atom. The van der Waals surface area contributed by atoms with Gasteiger partial charge in [0.1, 0.15) is 0 Å². The smallest absolute Gasteiger partial charge is 0.309 e. The Kier molecular flexibility index (Phi) is 3.87. The molecule has 2 nitrogen and oxygen atoms in total. The van der Waals surface area contributed by atoms with Gasteiger partial charge in [-0.2, -0.15) is 0 Å². The van der Waals surface area contributed by atoms with Crippen LogP contribution in [-0.2, 0) is 11.2 Å². The summed E-state index contributed by atoms with van der Waals surface area (Å²) in [6.07, 6.45) is 5.42. The Balaban J connectivity index is 2.03. The lowest BCUT2D eigenvalue weighted by atomic mass is 9.80. The summed E-state index contributed by atoms with van der Waals surface area (Å²) in [6, 6.07) is 8.13. The van der Waals surface area contributed by atoms with E-state index in [2.05, 4.69) is 28.1 Å². The van der Waals surface area contributed by atoms with Gasteiger partial charge in [0.25, 0.3) is 0 Å². The molecule has 1 fully saturated rings. The highest BCUT2D eigenvalue weighted by molar-refractivity contribution is 9.10. The van der Waals surface area contributed by atoms with Crippen LogP contribution >= 0.6 is 15.9 Å². The van der Waals surface area contributed by atoms with E-state index in [0.29, 0.717) is 0 Å². The zero-order valence-electron chi connectivity index (χ0n) is 9.79. The van der Waals surface area contributed by atoms with Gasteiger partial charge in [-0.1, -0.05) is 40.9 Å². The van der Waals surface area contributed by atoms with Crippen molar-refractivity contribution in [3.8, 4) is 0 Å². The number of carboxylic acid groups (broad SMARTS) is 1. The second kappa shape index (κ2) is 5.21. The third kappa shape index (κ3) is 2.89. The van der Waals surface area contributed by atoms with Crippen molar-refractivity contribution in [2.24, 2.45) is 5.41 Å². The van der Waals surface area contributed by atoms with Crippen LogP contribution in [0.4, 0.5) is 0 Å². The van der Waals surface area contributed by atoms with Crippen LogP contribution < -0.4 is 0 Å². The summed E-state index contributed by atoms with van der Waals surface area (Å²) in [5.74, 6) is -0.606. The molecule has 0 aliphatic heterocycles. The van der Waals surface area contributed by atoms with Crippen LogP contribution in [0.5, 0.6) is 0 Å². The van der Waals surface area contributed by atoms with Crippen molar-refractivity contribution >= 4 is 21.9 Å². The second-order valence-corrected chi connectivity index (χ2v) is 5.84. The topological polar surface area (TPSA) is 37.3 Å². The number of halogens is 1. The Morgan fingerprint density at radius 2 is 2.06 bits per heavy atom. The number of carbonyl (C=O) groups is 1. The van der Waals surface area contributed by atoms with E-state index in [1.165, 1.54) is 5.56 Å². The van der Waals surface area contributed by atoms with E-state index in [0.717, 1.165) is 43.0 Å². The standard InChI is InChI=1S/C14H17BrO2/c15-12-5-3-4-11(10-12)6-9-14(13(16)17)7-1-2-8-14/h3-5,10H,1-2,6-9H2,(H,16,17). The molecule has 1 aliphatic rings. The van der Waals surface area contributed by atoms with Crippen LogP contribution in [0.3, 0.4) is 0 Å². The van der Waals surface area contributed by atoms with Crippen molar-refractivity contribution in [3.63, 3.8) is 0 Å². The fourth-order valence-electron chi connectivity index (χ4n) is 2.70. The molecule has 1 aliphatic carbocycles. The molecular formula is C14H17BrO2. The third-order valence-electron chi connectivity index (χ3n) is 3.80. The minimum Gasteiger partial charge on any atom is -0.481 e. The fraction of sp³-hybridized carbons (Fsp3) is 0.500. The van der Waals surface area contributed by atoms with Crippen molar-refractivity contribution in [2.45, 2.75) is 38.5 Å². The minimum absolute atomic E-state index is 0.456. The number of hydrogen-bond acceptors (Lipinski definition) is 1. The Morgan fingerprint density at radius 3 is 2.65 bits per heavy atom. The predicted octanol–water partition coefficient (Wildman–Crippen LogP) is 4.03. The average molecular weight is 297 g/mol. The summed E-state index contributed by atoms with van der Waals surface area (Å²) in [6.45, 7) is 0. The number of aliphatic carboxylic acids is 1. The van der Waals surface area contributed by atoms with Gasteiger partial charge in [0.15, 0.2) is 0 Å². The molecule has 0 unspecified atom stereocenters. The quantitative estimate of drug-likeness (QED) is 0.911. The molecule has 1 saturated carbocycles. The van der Waals surface area contributed by atoms with E-state index in [9.17, 15) is 9.90 Å². The molecule has 0 radical (unpaired) electrons. The molecule has 3 heteroatoms. The highest BCUT2D eigenvalue weighted by Gasteiger charge is 2.40. The molecule has 0 saturated heterocycles. The predicted molar refractivity (Wildman–Crippen MR) is 71.0 cm³/mol. The largest absolute Gasteiger partial charge is 0.481 e. The van der Waals surface area contributed by atoms with Gasteiger partial charge in [0.05, 0.1) is 5.41 Å². The maximum Gasteiger partial charge on any atom is 0.309 e. The summed E-state index contributed by atoms with van der Waals surface area (Å²) < 4.78 is 1.06. The highest BCUT2D eigenvalue weighted by Crippen LogP contribution is 2.42. The molecule has 0 aromatic heterocycles. The van der Waals surface area contributed by atoms with E-state index >= 15 is 0 Å². The van der Waals surface area contributed by atoms with Crippen molar-refractivity contribution in [1.29, 1.82) is 0 Å². The number of carboxylic acids is 1. The van der Waals surface area contributed by atoms with E-state index < -0.39 is 11.4 Å². The molecular weight excluding hydrogens is 280 g/mol. The first kappa shape index (κ1) is 12.6. The van der Waals surface area contributed by atoms with E-state index in [1.807, 2.05) is 12.1 Å². The number of rotatable bonds is 4. The van der Waals surface area contributed by atoms with Gasteiger partial charge in [-0.3, -0.25) is 4.79 Å². The summed E-state index contributed by atoms with van der Waals surface area (Å²) in [5, 5.41) is 9.39. The number of hydrogen-bond donors (Lipinski definition) is 1. The molecule has 2 rings (SSSR count). The van der Waals surface area contributed by atoms with Crippen LogP contribution in [0.2, 0.25) is 0 Å². The monoisotopic (exact) mass is 296 g/mol. The molecule has 0 atom stereocenters. The van der Waals surface area contributed by atoms with Crippen LogP contribution in [-0.4, -0.2) is 11.1 Å². The fourth-order valence-corrected chi connectivity index (χ4v) is 3.15. The maximum absolute atomic E-state index is 11.4. The van der Waals surface area contributed by atoms with Gasteiger partial charge in [0, 0.05) is 4.47 Å². The molecule has 0 spiro atoms. The molecule has 1 aromatic carbocycles. The van der Waals surface area contributed by atoms with Gasteiger partial charge in [-0.15, -0.1) is 0 Å². The van der Waals surface area contributed by atoms with Crippen LogP contribution in [0.25, 0.3) is 0 Å². The minimum atomic E-state index is -0.606. The molecule has 17 heavy (non-hydrogen) atoms. The summed E-state index contributed by atoms with van der Waals surface area (Å²) in [7, 11) is 0. The van der Waals surface area contributed by atoms with E-state index in [1.54, 1.807) is 0 Å².